The number of fused-ring (bicyclic) bond motifs is 1. The van der Waals surface area contributed by atoms with Gasteiger partial charge in [-0.15, -0.1) is 0 Å². The maximum atomic E-state index is 10.4. The summed E-state index contributed by atoms with van der Waals surface area (Å²) < 4.78 is 6.85. The Bertz CT molecular complexity index is 1260. The van der Waals surface area contributed by atoms with Gasteiger partial charge in [0.25, 0.3) is 11.4 Å². The van der Waals surface area contributed by atoms with Gasteiger partial charge in [-0.05, 0) is 0 Å². The van der Waals surface area contributed by atoms with Crippen molar-refractivity contribution < 1.29 is 39.9 Å². The van der Waals surface area contributed by atoms with Gasteiger partial charge in [0.1, 0.15) is 30.2 Å². The minimum Gasteiger partial charge on any atom is -0.497 e. The van der Waals surface area contributed by atoms with E-state index in [1.807, 2.05) is 0 Å². The average Bonchev–Trinajstić information content (AvgIpc) is 3.35. The number of benzene rings is 1. The van der Waals surface area contributed by atoms with Crippen molar-refractivity contribution in [3.8, 4) is 5.75 Å². The number of nitrogens with two attached hydrogens (primary N) is 1. The molecule has 4 rings (SSSR count). The molecule has 0 aliphatic carbocycles. The van der Waals surface area contributed by atoms with E-state index in [1.54, 1.807) is 0 Å². The number of anilines is 1. The molecule has 1 saturated heterocycles. The number of nitro groups is 3. The fourth-order valence-corrected chi connectivity index (χ4v) is 3.14. The predicted molar refractivity (Wildman–Crippen MR) is 111 cm³/mol. The Kier molecular flexibility index (Phi) is 6.96. The minimum absolute atomic E-state index is 0.218. The van der Waals surface area contributed by atoms with Crippen LogP contribution < -0.4 is 5.73 Å². The standard InChI is InChI=1S/C10H13N5O4.C6H3N3O7/c11-8-5-9(13-2-12-8)15(3-14-5)10-7(18)6(17)4(1-16)19-10;10-6-4(8(13)14)1-3(7(11)12)2-5(6)9(15)16/h2-4,6-7,10,16-18H,1H2,(H2,11,12,13);1-2,10H/t4-,6-,7-,10-;/m1./s1. The van der Waals surface area contributed by atoms with Gasteiger partial charge in [0.15, 0.2) is 17.7 Å². The van der Waals surface area contributed by atoms with Crippen molar-refractivity contribution >= 4 is 34.0 Å². The number of phenolic OH excluding ortho intramolecular Hbond substituents is 1. The second-order valence-electron chi connectivity index (χ2n) is 6.92. The number of hydrogen-bond donors (Lipinski definition) is 5. The Hall–Kier alpha value is -4.59. The third kappa shape index (κ3) is 4.72. The van der Waals surface area contributed by atoms with Crippen LogP contribution >= 0.6 is 0 Å². The molecule has 2 aromatic heterocycles. The zero-order valence-electron chi connectivity index (χ0n) is 17.2. The third-order valence-corrected chi connectivity index (χ3v) is 4.84. The first-order valence-electron chi connectivity index (χ1n) is 9.33. The van der Waals surface area contributed by atoms with E-state index >= 15 is 0 Å². The molecule has 1 aliphatic heterocycles. The van der Waals surface area contributed by atoms with Gasteiger partial charge in [-0.2, -0.15) is 0 Å². The second kappa shape index (κ2) is 9.72. The molecule has 1 fully saturated rings. The number of nitrogens with zero attached hydrogens (tertiary/aromatic N) is 7. The van der Waals surface area contributed by atoms with E-state index in [9.17, 15) is 40.6 Å². The molecule has 0 unspecified atom stereocenters. The average molecular weight is 496 g/mol. The second-order valence-corrected chi connectivity index (χ2v) is 6.92. The van der Waals surface area contributed by atoms with E-state index in [0.29, 0.717) is 23.3 Å². The maximum Gasteiger partial charge on any atom is 0.324 e. The van der Waals surface area contributed by atoms with Crippen LogP contribution in [0.25, 0.3) is 11.2 Å². The Balaban J connectivity index is 0.000000199. The van der Waals surface area contributed by atoms with Gasteiger partial charge >= 0.3 is 11.4 Å². The van der Waals surface area contributed by atoms with Crippen LogP contribution in [0.3, 0.4) is 0 Å². The molecule has 0 saturated carbocycles. The zero-order valence-corrected chi connectivity index (χ0v) is 17.2. The van der Waals surface area contributed by atoms with Crippen molar-refractivity contribution in [3.63, 3.8) is 0 Å². The molecule has 0 bridgehead atoms. The predicted octanol–water partition coefficient (Wildman–Crippen LogP) is -0.863. The van der Waals surface area contributed by atoms with Crippen LogP contribution in [-0.4, -0.2) is 79.6 Å². The van der Waals surface area contributed by atoms with E-state index in [2.05, 4.69) is 15.0 Å². The lowest BCUT2D eigenvalue weighted by molar-refractivity contribution is -0.404. The summed E-state index contributed by atoms with van der Waals surface area (Å²) in [5, 5.41) is 69.0. The fourth-order valence-electron chi connectivity index (χ4n) is 3.14. The SMILES string of the molecule is Nc1ncnc2c1ncn2[C@@H]1O[C@H](CO)[C@@H](O)[C@H]1O.O=[N+]([O-])c1cc([N+](=O)[O-])c(O)c([N+](=O)[O-])c1. The van der Waals surface area contributed by atoms with E-state index in [-0.39, 0.29) is 5.82 Å². The molecule has 6 N–H and O–H groups in total. The van der Waals surface area contributed by atoms with Gasteiger partial charge in [-0.1, -0.05) is 0 Å². The van der Waals surface area contributed by atoms with Crippen LogP contribution in [0, 0.1) is 30.3 Å². The Morgan fingerprint density at radius 2 is 1.60 bits per heavy atom. The molecule has 0 spiro atoms. The number of phenols is 1. The minimum atomic E-state index is -1.21. The zero-order chi connectivity index (χ0) is 26.0. The molecular formula is C16H16N8O11. The first kappa shape index (κ1) is 25.0. The van der Waals surface area contributed by atoms with Crippen LogP contribution in [0.4, 0.5) is 22.9 Å². The number of non-ortho nitro benzene ring substituents is 1. The Morgan fingerprint density at radius 3 is 2.09 bits per heavy atom. The highest BCUT2D eigenvalue weighted by Gasteiger charge is 2.44. The van der Waals surface area contributed by atoms with Crippen LogP contribution in [0.15, 0.2) is 24.8 Å². The lowest BCUT2D eigenvalue weighted by Gasteiger charge is -2.16. The van der Waals surface area contributed by atoms with Crippen molar-refractivity contribution in [1.29, 1.82) is 0 Å². The van der Waals surface area contributed by atoms with E-state index in [0.717, 1.165) is 0 Å². The van der Waals surface area contributed by atoms with Crippen molar-refractivity contribution in [2.24, 2.45) is 0 Å². The van der Waals surface area contributed by atoms with Gasteiger partial charge in [-0.3, -0.25) is 34.9 Å². The normalized spacial score (nSPS) is 21.3. The number of aliphatic hydroxyl groups is 3. The fraction of sp³-hybridized carbons (Fsp3) is 0.312. The lowest BCUT2D eigenvalue weighted by atomic mass is 10.1. The number of nitrogen functional groups attached to an aromatic ring is 1. The number of nitro benzene ring substituents is 3. The van der Waals surface area contributed by atoms with Crippen molar-refractivity contribution in [3.05, 3.63) is 55.1 Å². The summed E-state index contributed by atoms with van der Waals surface area (Å²) in [6.07, 6.45) is -1.42. The van der Waals surface area contributed by atoms with Crippen LogP contribution in [0.1, 0.15) is 6.23 Å². The number of ether oxygens (including phenoxy) is 1. The number of imidazole rings is 1. The summed E-state index contributed by atoms with van der Waals surface area (Å²) in [7, 11) is 0. The highest BCUT2D eigenvalue weighted by Crippen LogP contribution is 2.39. The summed E-state index contributed by atoms with van der Waals surface area (Å²) in [6, 6.07) is 0.894. The number of hydrogen-bond acceptors (Lipinski definition) is 15. The number of aliphatic hydroxyl groups excluding tert-OH is 3. The van der Waals surface area contributed by atoms with Gasteiger partial charge in [0.05, 0.1) is 39.8 Å². The molecule has 1 aromatic carbocycles. The molecule has 1 aliphatic rings. The highest BCUT2D eigenvalue weighted by atomic mass is 16.6. The molecule has 19 heteroatoms. The van der Waals surface area contributed by atoms with Crippen molar-refractivity contribution in [2.75, 3.05) is 12.3 Å². The smallest absolute Gasteiger partial charge is 0.324 e. The summed E-state index contributed by atoms with van der Waals surface area (Å²) in [4.78, 5) is 39.7. The van der Waals surface area contributed by atoms with E-state index in [4.69, 9.17) is 20.7 Å². The summed E-state index contributed by atoms with van der Waals surface area (Å²) in [6.45, 7) is -0.390. The topological polar surface area (TPSA) is 289 Å². The molecule has 4 atom stereocenters. The first-order chi connectivity index (χ1) is 16.5. The van der Waals surface area contributed by atoms with Crippen LogP contribution in [-0.2, 0) is 4.74 Å². The van der Waals surface area contributed by atoms with Gasteiger partial charge < -0.3 is 30.9 Å². The largest absolute Gasteiger partial charge is 0.497 e. The Morgan fingerprint density at radius 1 is 1.00 bits per heavy atom. The molecule has 0 radical (unpaired) electrons. The maximum absolute atomic E-state index is 10.4. The molecule has 19 nitrogen and oxygen atoms in total. The van der Waals surface area contributed by atoms with Gasteiger partial charge in [0.2, 0.25) is 0 Å². The molecule has 3 heterocycles. The molecule has 3 aromatic rings. The van der Waals surface area contributed by atoms with E-state index < -0.39 is 68.7 Å². The van der Waals surface area contributed by atoms with E-state index in [1.165, 1.54) is 17.2 Å². The van der Waals surface area contributed by atoms with Crippen molar-refractivity contribution in [2.45, 2.75) is 24.5 Å². The Labute approximate surface area is 192 Å². The number of aromatic nitrogens is 4. The third-order valence-electron chi connectivity index (χ3n) is 4.84. The van der Waals surface area contributed by atoms with Gasteiger partial charge in [-0.25, -0.2) is 15.0 Å². The summed E-state index contributed by atoms with van der Waals surface area (Å²) in [5.74, 6) is -0.990. The summed E-state index contributed by atoms with van der Waals surface area (Å²) >= 11 is 0. The van der Waals surface area contributed by atoms with Crippen LogP contribution in [0.2, 0.25) is 0 Å². The number of rotatable bonds is 5. The molecule has 35 heavy (non-hydrogen) atoms. The quantitative estimate of drug-likeness (QED) is 0.212. The molecule has 186 valence electrons. The molecule has 0 amide bonds. The first-order valence-corrected chi connectivity index (χ1v) is 9.33. The lowest BCUT2D eigenvalue weighted by Crippen LogP contribution is -2.33. The monoisotopic (exact) mass is 496 g/mol. The van der Waals surface area contributed by atoms with Crippen molar-refractivity contribution in [1.82, 2.24) is 19.5 Å². The number of aromatic hydroxyl groups is 1. The summed E-state index contributed by atoms with van der Waals surface area (Å²) in [5.41, 5.74) is 3.44. The van der Waals surface area contributed by atoms with Gasteiger partial charge in [0, 0.05) is 0 Å². The van der Waals surface area contributed by atoms with Crippen LogP contribution in [0.5, 0.6) is 5.75 Å². The highest BCUT2D eigenvalue weighted by molar-refractivity contribution is 5.81. The molecular weight excluding hydrogens is 480 g/mol.